The predicted octanol–water partition coefficient (Wildman–Crippen LogP) is 1.17. The Morgan fingerprint density at radius 3 is 3.12 bits per heavy atom. The molecule has 2 aromatic heterocycles. The van der Waals surface area contributed by atoms with Crippen LogP contribution in [0.4, 0.5) is 0 Å². The van der Waals surface area contributed by atoms with E-state index in [9.17, 15) is 4.79 Å². The summed E-state index contributed by atoms with van der Waals surface area (Å²) in [4.78, 5) is 16.0. The fourth-order valence-electron chi connectivity index (χ4n) is 2.07. The number of hydrogen-bond donors (Lipinski definition) is 0. The zero-order valence-electron chi connectivity index (χ0n) is 8.78. The van der Waals surface area contributed by atoms with Gasteiger partial charge in [0.15, 0.2) is 5.65 Å². The molecule has 0 fully saturated rings. The average molecular weight is 216 g/mol. The third kappa shape index (κ3) is 1.36. The minimum Gasteiger partial charge on any atom is -0.259 e. The molecule has 2 heterocycles. The van der Waals surface area contributed by atoms with Gasteiger partial charge >= 0.3 is 5.69 Å². The number of fused-ring (bicyclic) bond motifs is 1. The van der Waals surface area contributed by atoms with E-state index in [4.69, 9.17) is 0 Å². The minimum atomic E-state index is -0.0889. The van der Waals surface area contributed by atoms with Gasteiger partial charge in [-0.1, -0.05) is 12.2 Å². The van der Waals surface area contributed by atoms with Gasteiger partial charge in [-0.3, -0.25) is 4.98 Å². The number of hydrogen-bond acceptors (Lipinski definition) is 3. The maximum absolute atomic E-state index is 12.0. The topological polar surface area (TPSA) is 52.2 Å². The minimum absolute atomic E-state index is 0.0889. The average Bonchev–Trinajstić information content (AvgIpc) is 2.69. The van der Waals surface area contributed by atoms with Gasteiger partial charge in [-0.2, -0.15) is 0 Å². The van der Waals surface area contributed by atoms with Crippen LogP contribution in [0, 0.1) is 0 Å². The molecular weight excluding hydrogens is 204 g/mol. The van der Waals surface area contributed by atoms with Crippen molar-refractivity contribution < 1.29 is 0 Å². The molecule has 5 nitrogen and oxygen atoms in total. The third-order valence-electron chi connectivity index (χ3n) is 2.89. The van der Waals surface area contributed by atoms with Gasteiger partial charge in [-0.25, -0.2) is 13.9 Å². The van der Waals surface area contributed by atoms with Crippen molar-refractivity contribution in [3.05, 3.63) is 41.2 Å². The maximum Gasteiger partial charge on any atom is 0.350 e. The summed E-state index contributed by atoms with van der Waals surface area (Å²) >= 11 is 0. The quantitative estimate of drug-likeness (QED) is 0.672. The molecule has 1 aliphatic carbocycles. The van der Waals surface area contributed by atoms with Crippen LogP contribution in [-0.4, -0.2) is 19.2 Å². The Kier molecular flexibility index (Phi) is 2.09. The Morgan fingerprint density at radius 2 is 2.38 bits per heavy atom. The Labute approximate surface area is 92.0 Å². The van der Waals surface area contributed by atoms with Gasteiger partial charge in [0.1, 0.15) is 0 Å². The molecule has 0 spiro atoms. The van der Waals surface area contributed by atoms with Gasteiger partial charge in [0.2, 0.25) is 0 Å². The lowest BCUT2D eigenvalue weighted by atomic mass is 10.0. The van der Waals surface area contributed by atoms with Gasteiger partial charge in [-0.05, 0) is 19.3 Å². The van der Waals surface area contributed by atoms with E-state index in [1.165, 1.54) is 4.40 Å². The highest BCUT2D eigenvalue weighted by molar-refractivity contribution is 5.32. The Balaban J connectivity index is 2.17. The van der Waals surface area contributed by atoms with Gasteiger partial charge in [0.05, 0.1) is 12.2 Å². The Hall–Kier alpha value is -1.91. The van der Waals surface area contributed by atoms with Crippen LogP contribution in [0.3, 0.4) is 0 Å². The van der Waals surface area contributed by atoms with Crippen molar-refractivity contribution >= 4 is 5.65 Å². The van der Waals surface area contributed by atoms with Crippen LogP contribution < -0.4 is 5.69 Å². The summed E-state index contributed by atoms with van der Waals surface area (Å²) in [6, 6.07) is 0.0983. The van der Waals surface area contributed by atoms with E-state index in [-0.39, 0.29) is 11.7 Å². The van der Waals surface area contributed by atoms with Gasteiger partial charge in [-0.15, -0.1) is 5.10 Å². The summed E-state index contributed by atoms with van der Waals surface area (Å²) in [5.41, 5.74) is 0.514. The molecule has 1 unspecified atom stereocenters. The van der Waals surface area contributed by atoms with Gasteiger partial charge < -0.3 is 0 Å². The molecule has 1 aliphatic rings. The van der Waals surface area contributed by atoms with Crippen LogP contribution in [0.2, 0.25) is 0 Å². The summed E-state index contributed by atoms with van der Waals surface area (Å²) in [5, 5.41) is 4.29. The van der Waals surface area contributed by atoms with Crippen LogP contribution in [0.15, 0.2) is 35.5 Å². The van der Waals surface area contributed by atoms with Crippen molar-refractivity contribution in [1.29, 1.82) is 0 Å². The van der Waals surface area contributed by atoms with Gasteiger partial charge in [0.25, 0.3) is 0 Å². The van der Waals surface area contributed by atoms with Crippen molar-refractivity contribution in [2.75, 3.05) is 0 Å². The first kappa shape index (κ1) is 9.33. The second-order valence-electron chi connectivity index (χ2n) is 3.96. The molecule has 0 radical (unpaired) electrons. The summed E-state index contributed by atoms with van der Waals surface area (Å²) in [6.45, 7) is 0. The fourth-order valence-corrected chi connectivity index (χ4v) is 2.07. The number of rotatable bonds is 1. The number of allylic oxidation sites excluding steroid dienone is 2. The van der Waals surface area contributed by atoms with E-state index >= 15 is 0 Å². The Morgan fingerprint density at radius 1 is 1.44 bits per heavy atom. The monoisotopic (exact) mass is 216 g/mol. The normalized spacial score (nSPS) is 20.4. The standard InChI is InChI=1S/C11H12N4O/c16-11-14-7-6-12-8-10(14)13-15(11)9-4-2-1-3-5-9/h2,4,6-9H,1,3,5H2. The van der Waals surface area contributed by atoms with E-state index in [2.05, 4.69) is 22.2 Å². The summed E-state index contributed by atoms with van der Waals surface area (Å²) < 4.78 is 3.07. The molecule has 0 N–H and O–H groups in total. The van der Waals surface area contributed by atoms with E-state index in [1.807, 2.05) is 0 Å². The molecule has 0 bridgehead atoms. The smallest absolute Gasteiger partial charge is 0.259 e. The third-order valence-corrected chi connectivity index (χ3v) is 2.89. The highest BCUT2D eigenvalue weighted by Gasteiger charge is 2.16. The lowest BCUT2D eigenvalue weighted by molar-refractivity contribution is 0.461. The fraction of sp³-hybridized carbons (Fsp3) is 0.364. The molecule has 1 atom stereocenters. The summed E-state index contributed by atoms with van der Waals surface area (Å²) in [7, 11) is 0. The van der Waals surface area contributed by atoms with E-state index in [0.29, 0.717) is 5.65 Å². The summed E-state index contributed by atoms with van der Waals surface area (Å²) in [6.07, 6.45) is 12.2. The van der Waals surface area contributed by atoms with Crippen molar-refractivity contribution in [2.45, 2.75) is 25.3 Å². The molecule has 16 heavy (non-hydrogen) atoms. The number of aromatic nitrogens is 4. The van der Waals surface area contributed by atoms with Crippen molar-refractivity contribution in [2.24, 2.45) is 0 Å². The molecule has 82 valence electrons. The summed E-state index contributed by atoms with van der Waals surface area (Å²) in [5.74, 6) is 0. The molecule has 0 aliphatic heterocycles. The molecule has 2 aromatic rings. The molecule has 0 aromatic carbocycles. The second-order valence-corrected chi connectivity index (χ2v) is 3.96. The molecule has 0 saturated carbocycles. The highest BCUT2D eigenvalue weighted by atomic mass is 16.2. The second kappa shape index (κ2) is 3.59. The van der Waals surface area contributed by atoms with Crippen molar-refractivity contribution in [1.82, 2.24) is 19.2 Å². The first-order valence-electron chi connectivity index (χ1n) is 5.44. The maximum atomic E-state index is 12.0. The SMILES string of the molecule is O=c1n(C2C=CCCC2)nc2cnccn12. The molecule has 0 saturated heterocycles. The predicted molar refractivity (Wildman–Crippen MR) is 59.3 cm³/mol. The molecule has 3 rings (SSSR count). The van der Waals surface area contributed by atoms with Gasteiger partial charge in [0, 0.05) is 12.4 Å². The van der Waals surface area contributed by atoms with E-state index < -0.39 is 0 Å². The Bertz CT molecular complexity index is 595. The van der Waals surface area contributed by atoms with Crippen LogP contribution in [0.25, 0.3) is 5.65 Å². The van der Waals surface area contributed by atoms with E-state index in [1.54, 1.807) is 23.3 Å². The zero-order chi connectivity index (χ0) is 11.0. The van der Waals surface area contributed by atoms with Crippen LogP contribution in [0.5, 0.6) is 0 Å². The lowest BCUT2D eigenvalue weighted by Crippen LogP contribution is -2.25. The van der Waals surface area contributed by atoms with Crippen LogP contribution in [0.1, 0.15) is 25.3 Å². The van der Waals surface area contributed by atoms with Crippen LogP contribution in [-0.2, 0) is 0 Å². The lowest BCUT2D eigenvalue weighted by Gasteiger charge is -2.14. The van der Waals surface area contributed by atoms with Crippen molar-refractivity contribution in [3.63, 3.8) is 0 Å². The molecular formula is C11H12N4O. The van der Waals surface area contributed by atoms with E-state index in [0.717, 1.165) is 19.3 Å². The highest BCUT2D eigenvalue weighted by Crippen LogP contribution is 2.19. The first-order chi connectivity index (χ1) is 7.86. The first-order valence-corrected chi connectivity index (χ1v) is 5.44. The zero-order valence-corrected chi connectivity index (χ0v) is 8.78. The molecule has 5 heteroatoms. The largest absolute Gasteiger partial charge is 0.350 e. The van der Waals surface area contributed by atoms with Crippen molar-refractivity contribution in [3.8, 4) is 0 Å². The number of nitrogens with zero attached hydrogens (tertiary/aromatic N) is 4. The van der Waals surface area contributed by atoms with Crippen LogP contribution >= 0.6 is 0 Å². The molecule has 0 amide bonds.